The van der Waals surface area contributed by atoms with Gasteiger partial charge in [-0.2, -0.15) is 16.4 Å². The highest BCUT2D eigenvalue weighted by Crippen LogP contribution is 2.32. The van der Waals surface area contributed by atoms with Crippen LogP contribution >= 0.6 is 11.3 Å². The van der Waals surface area contributed by atoms with Crippen molar-refractivity contribution < 1.29 is 14.3 Å². The smallest absolute Gasteiger partial charge is 0.324 e. The first-order valence-electron chi connectivity index (χ1n) is 12.5. The fourth-order valence-electron chi connectivity index (χ4n) is 4.30. The largest absolute Gasteiger partial charge is 0.492 e. The third kappa shape index (κ3) is 5.95. The number of hydrogen-bond donors (Lipinski definition) is 2. The van der Waals surface area contributed by atoms with Crippen molar-refractivity contribution in [3.05, 3.63) is 65.0 Å². The van der Waals surface area contributed by atoms with Crippen molar-refractivity contribution in [1.29, 1.82) is 0 Å². The van der Waals surface area contributed by atoms with Crippen molar-refractivity contribution in [2.24, 2.45) is 0 Å². The summed E-state index contributed by atoms with van der Waals surface area (Å²) in [4.78, 5) is 15.5. The Morgan fingerprint density at radius 1 is 1.08 bits per heavy atom. The minimum atomic E-state index is -0.331. The first-order chi connectivity index (χ1) is 17.9. The zero-order valence-corrected chi connectivity index (χ0v) is 22.3. The van der Waals surface area contributed by atoms with E-state index in [1.165, 1.54) is 0 Å². The maximum Gasteiger partial charge on any atom is 0.324 e. The molecule has 0 radical (unpaired) electrons. The van der Waals surface area contributed by atoms with Crippen LogP contribution in [0, 0.1) is 0 Å². The summed E-state index contributed by atoms with van der Waals surface area (Å²) in [6.07, 6.45) is 0. The Hall–Kier alpha value is -3.40. The molecule has 4 aromatic rings. The Kier molecular flexibility index (Phi) is 7.45. The molecule has 2 amide bonds. The molecule has 37 heavy (non-hydrogen) atoms. The molecule has 1 aliphatic heterocycles. The molecule has 0 atom stereocenters. The molecule has 2 aromatic carbocycles. The second-order valence-corrected chi connectivity index (χ2v) is 10.9. The molecule has 1 aliphatic rings. The number of hydrogen-bond acceptors (Lipinski definition) is 6. The van der Waals surface area contributed by atoms with Gasteiger partial charge < -0.3 is 14.8 Å². The van der Waals surface area contributed by atoms with E-state index in [1.54, 1.807) is 16.0 Å². The van der Waals surface area contributed by atoms with Crippen LogP contribution in [0.3, 0.4) is 0 Å². The number of rotatable bonds is 7. The number of benzene rings is 2. The van der Waals surface area contributed by atoms with Gasteiger partial charge >= 0.3 is 6.03 Å². The lowest BCUT2D eigenvalue weighted by atomic mass is 9.92. The molecule has 5 rings (SSSR count). The molecule has 1 saturated heterocycles. The average Bonchev–Trinajstić information content (AvgIpc) is 3.56. The molecule has 0 saturated carbocycles. The lowest BCUT2D eigenvalue weighted by Crippen LogP contribution is -2.38. The predicted molar refractivity (Wildman–Crippen MR) is 149 cm³/mol. The Labute approximate surface area is 221 Å². The van der Waals surface area contributed by atoms with Crippen molar-refractivity contribution in [3.63, 3.8) is 0 Å². The van der Waals surface area contributed by atoms with Gasteiger partial charge in [-0.05, 0) is 23.6 Å². The van der Waals surface area contributed by atoms with Gasteiger partial charge in [0, 0.05) is 47.3 Å². The van der Waals surface area contributed by atoms with E-state index >= 15 is 0 Å². The summed E-state index contributed by atoms with van der Waals surface area (Å²) in [5, 5.41) is 16.7. The van der Waals surface area contributed by atoms with Crippen LogP contribution in [0.4, 0.5) is 16.3 Å². The fourth-order valence-corrected chi connectivity index (χ4v) is 4.91. The van der Waals surface area contributed by atoms with Gasteiger partial charge in [0.25, 0.3) is 0 Å². The Morgan fingerprint density at radius 2 is 1.86 bits per heavy atom. The van der Waals surface area contributed by atoms with Gasteiger partial charge in [0.05, 0.1) is 30.3 Å². The number of nitrogens with zero attached hydrogens (tertiary/aromatic N) is 3. The lowest BCUT2D eigenvalue weighted by Gasteiger charge is -2.26. The molecule has 2 aromatic heterocycles. The first-order valence-corrected chi connectivity index (χ1v) is 13.5. The van der Waals surface area contributed by atoms with Crippen molar-refractivity contribution >= 4 is 39.6 Å². The number of nitrogens with one attached hydrogen (secondary N) is 2. The standard InChI is InChI=1S/C28H33N5O3S/c1-28(2,3)25-18-26(33(31-25)20-10-17-37-19-20)30-27(34)29-23-8-9-24(22-7-5-4-6-21(22)23)36-16-13-32-11-14-35-15-12-32/h4-10,17-19H,11-16H2,1-3H3,(H2,29,30,34). The lowest BCUT2D eigenvalue weighted by molar-refractivity contribution is 0.0323. The maximum absolute atomic E-state index is 13.1. The van der Waals surface area contributed by atoms with Crippen LogP contribution < -0.4 is 15.4 Å². The van der Waals surface area contributed by atoms with Crippen LogP contribution in [0.15, 0.2) is 59.3 Å². The van der Waals surface area contributed by atoms with E-state index in [0.717, 1.165) is 60.8 Å². The van der Waals surface area contributed by atoms with Gasteiger partial charge in [-0.1, -0.05) is 45.0 Å². The van der Waals surface area contributed by atoms with Crippen molar-refractivity contribution in [2.75, 3.05) is 50.1 Å². The summed E-state index contributed by atoms with van der Waals surface area (Å²) in [7, 11) is 0. The molecule has 0 bridgehead atoms. The highest BCUT2D eigenvalue weighted by molar-refractivity contribution is 7.08. The third-order valence-corrected chi connectivity index (χ3v) is 7.04. The van der Waals surface area contributed by atoms with Crippen LogP contribution in [0.25, 0.3) is 16.5 Å². The topological polar surface area (TPSA) is 80.6 Å². The molecule has 8 nitrogen and oxygen atoms in total. The molecule has 3 heterocycles. The van der Waals surface area contributed by atoms with E-state index in [-0.39, 0.29) is 11.4 Å². The highest BCUT2D eigenvalue weighted by atomic mass is 32.1. The van der Waals surface area contributed by atoms with Crippen LogP contribution in [-0.2, 0) is 10.2 Å². The zero-order valence-electron chi connectivity index (χ0n) is 21.5. The monoisotopic (exact) mass is 519 g/mol. The Morgan fingerprint density at radius 3 is 2.59 bits per heavy atom. The van der Waals surface area contributed by atoms with E-state index in [2.05, 4.69) is 36.3 Å². The van der Waals surface area contributed by atoms with E-state index in [4.69, 9.17) is 14.6 Å². The van der Waals surface area contributed by atoms with Crippen LogP contribution in [0.5, 0.6) is 5.75 Å². The second-order valence-electron chi connectivity index (χ2n) is 10.1. The molecule has 1 fully saturated rings. The van der Waals surface area contributed by atoms with Gasteiger partial charge in [-0.25, -0.2) is 9.48 Å². The van der Waals surface area contributed by atoms with E-state index < -0.39 is 0 Å². The van der Waals surface area contributed by atoms with Gasteiger partial charge in [0.15, 0.2) is 0 Å². The summed E-state index contributed by atoms with van der Waals surface area (Å²) in [5.41, 5.74) is 2.38. The van der Waals surface area contributed by atoms with Crippen LogP contribution in [0.2, 0.25) is 0 Å². The van der Waals surface area contributed by atoms with E-state index in [9.17, 15) is 4.79 Å². The molecule has 0 spiro atoms. The van der Waals surface area contributed by atoms with E-state index in [1.807, 2.05) is 59.3 Å². The first kappa shape index (κ1) is 25.3. The van der Waals surface area contributed by atoms with E-state index in [0.29, 0.717) is 18.1 Å². The highest BCUT2D eigenvalue weighted by Gasteiger charge is 2.22. The fraction of sp³-hybridized carbons (Fsp3) is 0.357. The summed E-state index contributed by atoms with van der Waals surface area (Å²) < 4.78 is 13.3. The van der Waals surface area contributed by atoms with Gasteiger partial charge in [0.1, 0.15) is 18.2 Å². The SMILES string of the molecule is CC(C)(C)c1cc(NC(=O)Nc2ccc(OCCN3CCOCC3)c3ccccc23)n(-c2ccsc2)n1. The number of urea groups is 1. The summed E-state index contributed by atoms with van der Waals surface area (Å²) >= 11 is 1.59. The van der Waals surface area contributed by atoms with Gasteiger partial charge in [-0.3, -0.25) is 10.2 Å². The average molecular weight is 520 g/mol. The quantitative estimate of drug-likeness (QED) is 0.326. The number of amides is 2. The number of aromatic nitrogens is 2. The second kappa shape index (κ2) is 10.9. The zero-order chi connectivity index (χ0) is 25.8. The number of fused-ring (bicyclic) bond motifs is 1. The number of ether oxygens (including phenoxy) is 2. The van der Waals surface area contributed by atoms with Crippen LogP contribution in [0.1, 0.15) is 26.5 Å². The number of carbonyl (C=O) groups excluding carboxylic acids is 1. The molecule has 194 valence electrons. The normalized spacial score (nSPS) is 14.6. The Bertz CT molecular complexity index is 1350. The summed E-state index contributed by atoms with van der Waals surface area (Å²) in [6, 6.07) is 15.4. The molecular formula is C28H33N5O3S. The van der Waals surface area contributed by atoms with Crippen molar-refractivity contribution in [3.8, 4) is 11.4 Å². The molecule has 0 unspecified atom stereocenters. The number of morpholine rings is 1. The summed E-state index contributed by atoms with van der Waals surface area (Å²) in [6.45, 7) is 11.2. The maximum atomic E-state index is 13.1. The minimum Gasteiger partial charge on any atom is -0.492 e. The predicted octanol–water partition coefficient (Wildman–Crippen LogP) is 5.74. The van der Waals surface area contributed by atoms with Gasteiger partial charge in [0.2, 0.25) is 0 Å². The minimum absolute atomic E-state index is 0.151. The van der Waals surface area contributed by atoms with Gasteiger partial charge in [-0.15, -0.1) is 0 Å². The summed E-state index contributed by atoms with van der Waals surface area (Å²) in [5.74, 6) is 1.42. The Balaban J connectivity index is 1.32. The molecule has 9 heteroatoms. The van der Waals surface area contributed by atoms with Crippen molar-refractivity contribution in [2.45, 2.75) is 26.2 Å². The molecule has 0 aliphatic carbocycles. The third-order valence-electron chi connectivity index (χ3n) is 6.37. The number of thiophene rings is 1. The number of anilines is 2. The van der Waals surface area contributed by atoms with Crippen LogP contribution in [-0.4, -0.2) is 60.2 Å². The molecule has 2 N–H and O–H groups in total. The number of carbonyl (C=O) groups is 1. The van der Waals surface area contributed by atoms with Crippen molar-refractivity contribution in [1.82, 2.24) is 14.7 Å². The molecular weight excluding hydrogens is 486 g/mol.